The highest BCUT2D eigenvalue weighted by Crippen LogP contribution is 2.19. The minimum Gasteiger partial charge on any atom is -0.496 e. The first kappa shape index (κ1) is 15.7. The Bertz CT molecular complexity index is 822. The van der Waals surface area contributed by atoms with Gasteiger partial charge < -0.3 is 15.4 Å². The molecule has 0 spiro atoms. The monoisotopic (exact) mass is 321 g/mol. The van der Waals surface area contributed by atoms with Crippen LogP contribution in [0.1, 0.15) is 11.1 Å². The molecule has 0 aliphatic heterocycles. The second kappa shape index (κ2) is 7.41. The molecule has 6 nitrogen and oxygen atoms in total. The Labute approximate surface area is 140 Å². The molecule has 3 aromatic rings. The maximum atomic E-state index is 5.34. The highest BCUT2D eigenvalue weighted by atomic mass is 16.5. The summed E-state index contributed by atoms with van der Waals surface area (Å²) in [6, 6.07) is 15.9. The van der Waals surface area contributed by atoms with Crippen LogP contribution >= 0.6 is 0 Å². The first-order chi connectivity index (χ1) is 11.7. The molecule has 122 valence electrons. The van der Waals surface area contributed by atoms with Crippen molar-refractivity contribution in [1.29, 1.82) is 0 Å². The summed E-state index contributed by atoms with van der Waals surface area (Å²) in [5.74, 6) is 1.92. The molecule has 0 aliphatic rings. The molecule has 2 N–H and O–H groups in total. The molecule has 0 fully saturated rings. The standard InChI is InChI=1S/C18H19N5O/c1-13-6-5-8-15(10-13)21-17-12-20-23-18(22-17)19-11-14-7-3-4-9-16(14)24-2/h3-10,12H,11H2,1-2H3,(H2,19,21,22,23). The van der Waals surface area contributed by atoms with E-state index in [4.69, 9.17) is 4.74 Å². The van der Waals surface area contributed by atoms with Gasteiger partial charge in [-0.15, -0.1) is 5.10 Å². The topological polar surface area (TPSA) is 72.0 Å². The molecule has 2 aromatic carbocycles. The van der Waals surface area contributed by atoms with Gasteiger partial charge >= 0.3 is 0 Å². The van der Waals surface area contributed by atoms with Crippen LogP contribution in [0.3, 0.4) is 0 Å². The normalized spacial score (nSPS) is 10.2. The van der Waals surface area contributed by atoms with Crippen LogP contribution in [-0.4, -0.2) is 22.3 Å². The number of para-hydroxylation sites is 1. The van der Waals surface area contributed by atoms with Gasteiger partial charge in [0.05, 0.1) is 13.3 Å². The quantitative estimate of drug-likeness (QED) is 0.723. The van der Waals surface area contributed by atoms with Crippen molar-refractivity contribution in [3.8, 4) is 5.75 Å². The first-order valence-electron chi connectivity index (χ1n) is 7.64. The molecular weight excluding hydrogens is 302 g/mol. The van der Waals surface area contributed by atoms with E-state index in [1.807, 2.05) is 55.5 Å². The fourth-order valence-corrected chi connectivity index (χ4v) is 2.33. The van der Waals surface area contributed by atoms with Gasteiger partial charge in [-0.2, -0.15) is 10.1 Å². The molecule has 3 rings (SSSR count). The van der Waals surface area contributed by atoms with Gasteiger partial charge in [-0.05, 0) is 30.7 Å². The van der Waals surface area contributed by atoms with E-state index in [0.29, 0.717) is 18.3 Å². The molecular formula is C18H19N5O. The molecule has 0 saturated carbocycles. The van der Waals surface area contributed by atoms with Crippen LogP contribution < -0.4 is 15.4 Å². The molecule has 0 atom stereocenters. The second-order valence-corrected chi connectivity index (χ2v) is 5.33. The molecule has 6 heteroatoms. The molecule has 0 amide bonds. The molecule has 1 aromatic heterocycles. The van der Waals surface area contributed by atoms with Crippen LogP contribution in [0.25, 0.3) is 0 Å². The Hall–Kier alpha value is -3.15. The maximum Gasteiger partial charge on any atom is 0.244 e. The number of aromatic nitrogens is 3. The number of aryl methyl sites for hydroxylation is 1. The average molecular weight is 321 g/mol. The van der Waals surface area contributed by atoms with Crippen LogP contribution in [0.4, 0.5) is 17.5 Å². The number of anilines is 3. The number of methoxy groups -OCH3 is 1. The Morgan fingerprint density at radius 3 is 2.79 bits per heavy atom. The Morgan fingerprint density at radius 1 is 1.08 bits per heavy atom. The zero-order chi connectivity index (χ0) is 16.8. The van der Waals surface area contributed by atoms with Crippen molar-refractivity contribution < 1.29 is 4.74 Å². The predicted octanol–water partition coefficient (Wildman–Crippen LogP) is 3.54. The average Bonchev–Trinajstić information content (AvgIpc) is 2.60. The van der Waals surface area contributed by atoms with Crippen LogP contribution in [0, 0.1) is 6.92 Å². The van der Waals surface area contributed by atoms with Gasteiger partial charge in [-0.25, -0.2) is 0 Å². The number of benzene rings is 2. The van der Waals surface area contributed by atoms with Crippen LogP contribution in [0.2, 0.25) is 0 Å². The first-order valence-corrected chi connectivity index (χ1v) is 7.64. The van der Waals surface area contributed by atoms with Crippen molar-refractivity contribution in [2.75, 3.05) is 17.7 Å². The van der Waals surface area contributed by atoms with Crippen molar-refractivity contribution in [2.24, 2.45) is 0 Å². The Balaban J connectivity index is 1.69. The minimum absolute atomic E-state index is 0.457. The summed E-state index contributed by atoms with van der Waals surface area (Å²) in [5, 5.41) is 14.4. The van der Waals surface area contributed by atoms with Gasteiger partial charge in [0, 0.05) is 17.8 Å². The van der Waals surface area contributed by atoms with E-state index in [1.165, 1.54) is 5.56 Å². The fraction of sp³-hybridized carbons (Fsp3) is 0.167. The van der Waals surface area contributed by atoms with Gasteiger partial charge in [-0.1, -0.05) is 30.3 Å². The number of nitrogens with one attached hydrogen (secondary N) is 2. The van der Waals surface area contributed by atoms with Crippen molar-refractivity contribution in [2.45, 2.75) is 13.5 Å². The number of hydrogen-bond acceptors (Lipinski definition) is 6. The molecule has 0 bridgehead atoms. The van der Waals surface area contributed by atoms with Crippen molar-refractivity contribution in [1.82, 2.24) is 15.2 Å². The third-order valence-electron chi connectivity index (χ3n) is 3.48. The molecule has 0 aliphatic carbocycles. The second-order valence-electron chi connectivity index (χ2n) is 5.33. The summed E-state index contributed by atoms with van der Waals surface area (Å²) >= 11 is 0. The highest BCUT2D eigenvalue weighted by Gasteiger charge is 2.04. The lowest BCUT2D eigenvalue weighted by atomic mass is 10.2. The van der Waals surface area contributed by atoms with E-state index >= 15 is 0 Å². The summed E-state index contributed by atoms with van der Waals surface area (Å²) in [4.78, 5) is 4.43. The summed E-state index contributed by atoms with van der Waals surface area (Å²) in [7, 11) is 1.66. The van der Waals surface area contributed by atoms with Gasteiger partial charge in [0.15, 0.2) is 5.82 Å². The maximum absolute atomic E-state index is 5.34. The minimum atomic E-state index is 0.457. The van der Waals surface area contributed by atoms with Crippen molar-refractivity contribution >= 4 is 17.5 Å². The number of ether oxygens (including phenoxy) is 1. The van der Waals surface area contributed by atoms with Gasteiger partial charge in [0.25, 0.3) is 0 Å². The van der Waals surface area contributed by atoms with Crippen LogP contribution in [0.5, 0.6) is 5.75 Å². The number of rotatable bonds is 6. The van der Waals surface area contributed by atoms with Crippen molar-refractivity contribution in [3.05, 3.63) is 65.9 Å². The van der Waals surface area contributed by atoms with Gasteiger partial charge in [0.2, 0.25) is 5.95 Å². The summed E-state index contributed by atoms with van der Waals surface area (Å²) in [5.41, 5.74) is 3.17. The Kier molecular flexibility index (Phi) is 4.86. The summed E-state index contributed by atoms with van der Waals surface area (Å²) in [6.07, 6.45) is 1.59. The van der Waals surface area contributed by atoms with E-state index < -0.39 is 0 Å². The molecule has 1 heterocycles. The van der Waals surface area contributed by atoms with E-state index in [0.717, 1.165) is 17.0 Å². The van der Waals surface area contributed by atoms with E-state index in [9.17, 15) is 0 Å². The van der Waals surface area contributed by atoms with E-state index in [-0.39, 0.29) is 0 Å². The van der Waals surface area contributed by atoms with Crippen LogP contribution in [0.15, 0.2) is 54.7 Å². The molecule has 24 heavy (non-hydrogen) atoms. The van der Waals surface area contributed by atoms with Crippen LogP contribution in [-0.2, 0) is 6.54 Å². The molecule has 0 saturated heterocycles. The van der Waals surface area contributed by atoms with Gasteiger partial charge in [0.1, 0.15) is 5.75 Å². The zero-order valence-corrected chi connectivity index (χ0v) is 13.7. The lowest BCUT2D eigenvalue weighted by Crippen LogP contribution is -2.07. The third-order valence-corrected chi connectivity index (χ3v) is 3.48. The SMILES string of the molecule is COc1ccccc1CNc1nncc(Nc2cccc(C)c2)n1. The smallest absolute Gasteiger partial charge is 0.244 e. The van der Waals surface area contributed by atoms with Crippen molar-refractivity contribution in [3.63, 3.8) is 0 Å². The third kappa shape index (κ3) is 3.98. The highest BCUT2D eigenvalue weighted by molar-refractivity contribution is 5.56. The zero-order valence-electron chi connectivity index (χ0n) is 13.7. The fourth-order valence-electron chi connectivity index (χ4n) is 2.33. The number of nitrogens with zero attached hydrogens (tertiary/aromatic N) is 3. The molecule has 0 radical (unpaired) electrons. The summed E-state index contributed by atoms with van der Waals surface area (Å²) < 4.78 is 5.34. The lowest BCUT2D eigenvalue weighted by molar-refractivity contribution is 0.410. The molecule has 0 unspecified atom stereocenters. The largest absolute Gasteiger partial charge is 0.496 e. The Morgan fingerprint density at radius 2 is 1.96 bits per heavy atom. The van der Waals surface area contributed by atoms with Gasteiger partial charge in [-0.3, -0.25) is 0 Å². The predicted molar refractivity (Wildman–Crippen MR) is 94.6 cm³/mol. The number of hydrogen-bond donors (Lipinski definition) is 2. The van der Waals surface area contributed by atoms with E-state index in [1.54, 1.807) is 13.3 Å². The van der Waals surface area contributed by atoms with E-state index in [2.05, 4.69) is 25.8 Å². The summed E-state index contributed by atoms with van der Waals surface area (Å²) in [6.45, 7) is 2.60. The lowest BCUT2D eigenvalue weighted by Gasteiger charge is -2.10.